The summed E-state index contributed by atoms with van der Waals surface area (Å²) in [4.78, 5) is 16.2. The van der Waals surface area contributed by atoms with Crippen LogP contribution in [-0.2, 0) is 4.79 Å². The maximum atomic E-state index is 12.0. The molecule has 1 aliphatic heterocycles. The van der Waals surface area contributed by atoms with Crippen LogP contribution in [-0.4, -0.2) is 55.5 Å². The topological polar surface area (TPSA) is 49.6 Å². The van der Waals surface area contributed by atoms with Crippen molar-refractivity contribution in [2.24, 2.45) is 5.73 Å². The lowest BCUT2D eigenvalue weighted by Gasteiger charge is -2.20. The Balaban J connectivity index is 1.72. The second-order valence-electron chi connectivity index (χ2n) is 5.90. The zero-order valence-electron chi connectivity index (χ0n) is 13.0. The number of benzene rings is 1. The normalized spacial score (nSPS) is 18.9. The van der Waals surface area contributed by atoms with Gasteiger partial charge in [-0.3, -0.25) is 4.79 Å². The number of carbonyl (C=O) groups excluding carboxylic acids is 1. The molecule has 1 aromatic rings. The Morgan fingerprint density at radius 2 is 2.14 bits per heavy atom. The molecule has 21 heavy (non-hydrogen) atoms. The molecule has 1 amide bonds. The molecule has 0 aromatic heterocycles. The predicted octanol–water partition coefficient (Wildman–Crippen LogP) is 1.67. The van der Waals surface area contributed by atoms with Gasteiger partial charge < -0.3 is 15.5 Å². The number of hydrogen-bond acceptors (Lipinski definition) is 3. The van der Waals surface area contributed by atoms with Gasteiger partial charge >= 0.3 is 0 Å². The van der Waals surface area contributed by atoms with Gasteiger partial charge in [-0.1, -0.05) is 30.3 Å². The molecule has 4 heteroatoms. The van der Waals surface area contributed by atoms with Crippen molar-refractivity contribution in [3.05, 3.63) is 35.9 Å². The standard InChI is InChI=1S/C17H27N3O/c1-19(11-5-10-18)17(21)9-13-20-12-8-16(14-20)15-6-3-2-4-7-15/h2-4,6-7,16H,5,8-14,18H2,1H3. The minimum absolute atomic E-state index is 0.228. The first kappa shape index (κ1) is 16.0. The van der Waals surface area contributed by atoms with Gasteiger partial charge in [-0.15, -0.1) is 0 Å². The number of carbonyl (C=O) groups is 1. The molecule has 0 aliphatic carbocycles. The SMILES string of the molecule is CN(CCCN)C(=O)CCN1CCC(c2ccccc2)C1. The van der Waals surface area contributed by atoms with Crippen molar-refractivity contribution in [3.8, 4) is 0 Å². The van der Waals surface area contributed by atoms with E-state index in [1.165, 1.54) is 12.0 Å². The number of likely N-dealkylation sites (tertiary alicyclic amines) is 1. The van der Waals surface area contributed by atoms with Crippen molar-refractivity contribution in [1.29, 1.82) is 0 Å². The lowest BCUT2D eigenvalue weighted by Crippen LogP contribution is -2.32. The Morgan fingerprint density at radius 1 is 1.38 bits per heavy atom. The predicted molar refractivity (Wildman–Crippen MR) is 86.2 cm³/mol. The maximum absolute atomic E-state index is 12.0. The van der Waals surface area contributed by atoms with Gasteiger partial charge in [-0.05, 0) is 37.4 Å². The molecule has 1 heterocycles. The van der Waals surface area contributed by atoms with E-state index >= 15 is 0 Å². The Morgan fingerprint density at radius 3 is 2.86 bits per heavy atom. The first-order chi connectivity index (χ1) is 10.2. The summed E-state index contributed by atoms with van der Waals surface area (Å²) in [5.74, 6) is 0.850. The average molecular weight is 289 g/mol. The summed E-state index contributed by atoms with van der Waals surface area (Å²) in [6.45, 7) is 4.45. The highest BCUT2D eigenvalue weighted by atomic mass is 16.2. The van der Waals surface area contributed by atoms with Crippen molar-refractivity contribution >= 4 is 5.91 Å². The third-order valence-electron chi connectivity index (χ3n) is 4.31. The van der Waals surface area contributed by atoms with Crippen LogP contribution in [0.3, 0.4) is 0 Å². The molecule has 1 aromatic carbocycles. The zero-order chi connectivity index (χ0) is 15.1. The van der Waals surface area contributed by atoms with Crippen molar-refractivity contribution < 1.29 is 4.79 Å². The second kappa shape index (κ2) is 8.15. The molecule has 116 valence electrons. The van der Waals surface area contributed by atoms with Crippen LogP contribution in [0.15, 0.2) is 30.3 Å². The van der Waals surface area contributed by atoms with E-state index in [0.29, 0.717) is 18.9 Å². The van der Waals surface area contributed by atoms with Gasteiger partial charge in [-0.2, -0.15) is 0 Å². The Hall–Kier alpha value is -1.39. The van der Waals surface area contributed by atoms with Crippen LogP contribution in [0.2, 0.25) is 0 Å². The molecule has 1 saturated heterocycles. The molecule has 1 aliphatic rings. The summed E-state index contributed by atoms with van der Waals surface area (Å²) < 4.78 is 0. The number of amides is 1. The van der Waals surface area contributed by atoms with Crippen LogP contribution in [0.1, 0.15) is 30.7 Å². The molecule has 1 unspecified atom stereocenters. The molecule has 1 atom stereocenters. The first-order valence-corrected chi connectivity index (χ1v) is 7.92. The van der Waals surface area contributed by atoms with Crippen molar-refractivity contribution in [2.75, 3.05) is 39.8 Å². The maximum Gasteiger partial charge on any atom is 0.223 e. The minimum Gasteiger partial charge on any atom is -0.346 e. The molecule has 4 nitrogen and oxygen atoms in total. The molecule has 0 saturated carbocycles. The van der Waals surface area contributed by atoms with E-state index in [2.05, 4.69) is 35.2 Å². The van der Waals surface area contributed by atoms with Gasteiger partial charge in [0.15, 0.2) is 0 Å². The summed E-state index contributed by atoms with van der Waals surface area (Å²) >= 11 is 0. The number of rotatable bonds is 7. The molecule has 0 bridgehead atoms. The molecule has 0 radical (unpaired) electrons. The van der Waals surface area contributed by atoms with Crippen molar-refractivity contribution in [1.82, 2.24) is 9.80 Å². The molecule has 1 fully saturated rings. The Kier molecular flexibility index (Phi) is 6.21. The highest BCUT2D eigenvalue weighted by molar-refractivity contribution is 5.76. The van der Waals surface area contributed by atoms with E-state index in [0.717, 1.165) is 32.6 Å². The lowest BCUT2D eigenvalue weighted by molar-refractivity contribution is -0.130. The second-order valence-corrected chi connectivity index (χ2v) is 5.90. The number of nitrogens with zero attached hydrogens (tertiary/aromatic N) is 2. The minimum atomic E-state index is 0.228. The van der Waals surface area contributed by atoms with E-state index in [1.54, 1.807) is 4.90 Å². The largest absolute Gasteiger partial charge is 0.346 e. The fraction of sp³-hybridized carbons (Fsp3) is 0.588. The van der Waals surface area contributed by atoms with Crippen LogP contribution in [0.25, 0.3) is 0 Å². The van der Waals surface area contributed by atoms with E-state index in [9.17, 15) is 4.79 Å². The molecule has 2 N–H and O–H groups in total. The Bertz CT molecular complexity index is 435. The van der Waals surface area contributed by atoms with Gasteiger partial charge in [0, 0.05) is 33.1 Å². The van der Waals surface area contributed by atoms with Crippen LogP contribution < -0.4 is 5.73 Å². The molecular formula is C17H27N3O. The van der Waals surface area contributed by atoms with Crippen LogP contribution in [0.4, 0.5) is 0 Å². The first-order valence-electron chi connectivity index (χ1n) is 7.92. The van der Waals surface area contributed by atoms with E-state index in [4.69, 9.17) is 5.73 Å². The highest BCUT2D eigenvalue weighted by Gasteiger charge is 2.24. The quantitative estimate of drug-likeness (QED) is 0.831. The van der Waals surface area contributed by atoms with E-state index in [1.807, 2.05) is 7.05 Å². The summed E-state index contributed by atoms with van der Waals surface area (Å²) in [6, 6.07) is 10.7. The number of hydrogen-bond donors (Lipinski definition) is 1. The average Bonchev–Trinajstić information content (AvgIpc) is 3.00. The highest BCUT2D eigenvalue weighted by Crippen LogP contribution is 2.26. The fourth-order valence-corrected chi connectivity index (χ4v) is 2.93. The van der Waals surface area contributed by atoms with Gasteiger partial charge in [0.05, 0.1) is 0 Å². The van der Waals surface area contributed by atoms with Crippen LogP contribution in [0, 0.1) is 0 Å². The van der Waals surface area contributed by atoms with Gasteiger partial charge in [-0.25, -0.2) is 0 Å². The Labute approximate surface area is 127 Å². The zero-order valence-corrected chi connectivity index (χ0v) is 13.0. The molecule has 2 rings (SSSR count). The monoisotopic (exact) mass is 289 g/mol. The molecule has 0 spiro atoms. The number of nitrogens with two attached hydrogens (primary N) is 1. The van der Waals surface area contributed by atoms with E-state index < -0.39 is 0 Å². The summed E-state index contributed by atoms with van der Waals surface area (Å²) in [6.07, 6.45) is 2.69. The van der Waals surface area contributed by atoms with Crippen molar-refractivity contribution in [3.63, 3.8) is 0 Å². The molecular weight excluding hydrogens is 262 g/mol. The van der Waals surface area contributed by atoms with Crippen LogP contribution >= 0.6 is 0 Å². The van der Waals surface area contributed by atoms with Gasteiger partial charge in [0.1, 0.15) is 0 Å². The van der Waals surface area contributed by atoms with E-state index in [-0.39, 0.29) is 5.91 Å². The van der Waals surface area contributed by atoms with Gasteiger partial charge in [0.25, 0.3) is 0 Å². The lowest BCUT2D eigenvalue weighted by atomic mass is 9.99. The third kappa shape index (κ3) is 4.83. The van der Waals surface area contributed by atoms with Gasteiger partial charge in [0.2, 0.25) is 5.91 Å². The van der Waals surface area contributed by atoms with Crippen molar-refractivity contribution in [2.45, 2.75) is 25.2 Å². The summed E-state index contributed by atoms with van der Waals surface area (Å²) in [7, 11) is 1.87. The van der Waals surface area contributed by atoms with Crippen LogP contribution in [0.5, 0.6) is 0 Å². The smallest absolute Gasteiger partial charge is 0.223 e. The fourth-order valence-electron chi connectivity index (χ4n) is 2.93. The summed E-state index contributed by atoms with van der Waals surface area (Å²) in [5.41, 5.74) is 6.90. The third-order valence-corrected chi connectivity index (χ3v) is 4.31. The summed E-state index contributed by atoms with van der Waals surface area (Å²) in [5, 5.41) is 0.